The largest absolute Gasteiger partial charge is 0.484 e. The second-order valence-corrected chi connectivity index (χ2v) is 4.61. The fourth-order valence-electron chi connectivity index (χ4n) is 1.22. The Bertz CT molecular complexity index is 398. The minimum absolute atomic E-state index is 0.00514. The van der Waals surface area contributed by atoms with Gasteiger partial charge in [-0.05, 0) is 44.5 Å². The van der Waals surface area contributed by atoms with E-state index in [-0.39, 0.29) is 11.8 Å². The molecule has 1 rings (SSSR count). The first-order chi connectivity index (χ1) is 8.08. The van der Waals surface area contributed by atoms with Crippen molar-refractivity contribution in [2.75, 3.05) is 7.05 Å². The number of nitrogens with one attached hydrogen (secondary N) is 1. The lowest BCUT2D eigenvalue weighted by Crippen LogP contribution is -2.11. The lowest BCUT2D eigenvalue weighted by atomic mass is 10.2. The maximum Gasteiger partial charge on any atom is 0.312 e. The number of nitro groups is 1. The van der Waals surface area contributed by atoms with E-state index in [1.54, 1.807) is 19.2 Å². The van der Waals surface area contributed by atoms with E-state index in [1.165, 1.54) is 18.0 Å². The first-order valence-electron chi connectivity index (χ1n) is 5.37. The van der Waals surface area contributed by atoms with Crippen molar-refractivity contribution < 1.29 is 9.66 Å². The molecule has 1 N–H and O–H groups in total. The summed E-state index contributed by atoms with van der Waals surface area (Å²) in [6.07, 6.45) is 0.779. The van der Waals surface area contributed by atoms with Crippen molar-refractivity contribution >= 4 is 17.6 Å². The highest BCUT2D eigenvalue weighted by Crippen LogP contribution is 2.31. The van der Waals surface area contributed by atoms with Gasteiger partial charge in [0.1, 0.15) is 0 Å². The van der Waals surface area contributed by atoms with Crippen molar-refractivity contribution in [3.63, 3.8) is 0 Å². The Labute approximate surface area is 105 Å². The third-order valence-electron chi connectivity index (χ3n) is 2.25. The zero-order valence-corrected chi connectivity index (χ0v) is 10.9. The van der Waals surface area contributed by atoms with Gasteiger partial charge < -0.3 is 4.74 Å². The number of hydrogen-bond acceptors (Lipinski definition) is 5. The van der Waals surface area contributed by atoms with Gasteiger partial charge in [0, 0.05) is 11.0 Å². The molecule has 0 fully saturated rings. The minimum Gasteiger partial charge on any atom is -0.484 e. The molecule has 0 radical (unpaired) electrons. The van der Waals surface area contributed by atoms with Gasteiger partial charge in [0.05, 0.1) is 11.0 Å². The number of ether oxygens (including phenoxy) is 1. The molecule has 17 heavy (non-hydrogen) atoms. The fourth-order valence-corrected chi connectivity index (χ4v) is 1.76. The maximum absolute atomic E-state index is 10.9. The van der Waals surface area contributed by atoms with E-state index in [1.807, 2.05) is 13.8 Å². The Morgan fingerprint density at radius 3 is 2.82 bits per heavy atom. The van der Waals surface area contributed by atoms with Gasteiger partial charge in [0.2, 0.25) is 0 Å². The van der Waals surface area contributed by atoms with Crippen LogP contribution in [0.15, 0.2) is 23.1 Å². The average Bonchev–Trinajstić information content (AvgIpc) is 2.31. The molecule has 0 aromatic heterocycles. The smallest absolute Gasteiger partial charge is 0.312 e. The van der Waals surface area contributed by atoms with Crippen LogP contribution in [-0.2, 0) is 0 Å². The Kier molecular flexibility index (Phi) is 5.24. The van der Waals surface area contributed by atoms with Crippen molar-refractivity contribution in [3.8, 4) is 5.75 Å². The summed E-state index contributed by atoms with van der Waals surface area (Å²) in [5, 5.41) is 10.9. The van der Waals surface area contributed by atoms with Crippen LogP contribution in [-0.4, -0.2) is 18.1 Å². The molecule has 94 valence electrons. The molecule has 0 spiro atoms. The monoisotopic (exact) mass is 256 g/mol. The highest BCUT2D eigenvalue weighted by atomic mass is 32.2. The summed E-state index contributed by atoms with van der Waals surface area (Å²) in [6, 6.07) is 4.95. The standard InChI is InChI=1S/C11H16N2O3S/c1-4-8(2)16-11-6-5-9(17-12-3)7-10(11)13(14)15/h5-8,12H,4H2,1-3H3. The topological polar surface area (TPSA) is 64.4 Å². The van der Waals surface area contributed by atoms with Crippen molar-refractivity contribution in [1.82, 2.24) is 4.72 Å². The predicted octanol–water partition coefficient (Wildman–Crippen LogP) is 3.00. The van der Waals surface area contributed by atoms with Gasteiger partial charge in [-0.3, -0.25) is 14.8 Å². The molecule has 6 heteroatoms. The van der Waals surface area contributed by atoms with E-state index < -0.39 is 4.92 Å². The molecule has 0 heterocycles. The van der Waals surface area contributed by atoms with Crippen molar-refractivity contribution in [3.05, 3.63) is 28.3 Å². The van der Waals surface area contributed by atoms with Gasteiger partial charge in [-0.15, -0.1) is 0 Å². The van der Waals surface area contributed by atoms with Crippen LogP contribution in [0.4, 0.5) is 5.69 Å². The molecule has 0 amide bonds. The van der Waals surface area contributed by atoms with Crippen molar-refractivity contribution in [2.45, 2.75) is 31.3 Å². The van der Waals surface area contributed by atoms with Crippen LogP contribution in [0.2, 0.25) is 0 Å². The molecule has 0 saturated heterocycles. The maximum atomic E-state index is 10.9. The van der Waals surface area contributed by atoms with Crippen molar-refractivity contribution in [2.24, 2.45) is 0 Å². The quantitative estimate of drug-likeness (QED) is 0.481. The lowest BCUT2D eigenvalue weighted by Gasteiger charge is -2.12. The second kappa shape index (κ2) is 6.46. The number of hydrogen-bond donors (Lipinski definition) is 1. The molecule has 0 saturated carbocycles. The van der Waals surface area contributed by atoms with Gasteiger partial charge in [-0.2, -0.15) is 0 Å². The number of nitrogens with zero attached hydrogens (tertiary/aromatic N) is 1. The molecular formula is C11H16N2O3S. The molecule has 1 unspecified atom stereocenters. The van der Waals surface area contributed by atoms with E-state index in [9.17, 15) is 10.1 Å². The molecule has 1 atom stereocenters. The Morgan fingerprint density at radius 2 is 2.29 bits per heavy atom. The van der Waals surface area contributed by atoms with Crippen LogP contribution < -0.4 is 9.46 Å². The normalized spacial score (nSPS) is 12.2. The summed E-state index contributed by atoms with van der Waals surface area (Å²) in [5.74, 6) is 0.324. The van der Waals surface area contributed by atoms with Gasteiger partial charge in [-0.25, -0.2) is 0 Å². The molecule has 0 aliphatic heterocycles. The van der Waals surface area contributed by atoms with Gasteiger partial charge in [0.25, 0.3) is 0 Å². The van der Waals surface area contributed by atoms with Crippen LogP contribution in [0.1, 0.15) is 20.3 Å². The number of benzene rings is 1. The highest BCUT2D eigenvalue weighted by molar-refractivity contribution is 7.97. The van der Waals surface area contributed by atoms with Gasteiger partial charge in [0.15, 0.2) is 5.75 Å². The van der Waals surface area contributed by atoms with E-state index in [0.29, 0.717) is 5.75 Å². The third-order valence-corrected chi connectivity index (χ3v) is 2.94. The minimum atomic E-state index is -0.419. The molecular weight excluding hydrogens is 240 g/mol. The van der Waals surface area contributed by atoms with E-state index in [4.69, 9.17) is 4.74 Å². The van der Waals surface area contributed by atoms with Crippen LogP contribution in [0.3, 0.4) is 0 Å². The summed E-state index contributed by atoms with van der Waals surface area (Å²) in [4.78, 5) is 11.3. The molecule has 0 aliphatic carbocycles. The Morgan fingerprint density at radius 1 is 1.59 bits per heavy atom. The third kappa shape index (κ3) is 3.90. The summed E-state index contributed by atoms with van der Waals surface area (Å²) in [6.45, 7) is 3.86. The Hall–Kier alpha value is -1.27. The predicted molar refractivity (Wildman–Crippen MR) is 68.4 cm³/mol. The molecule has 0 aliphatic rings. The second-order valence-electron chi connectivity index (χ2n) is 3.53. The summed E-state index contributed by atoms with van der Waals surface area (Å²) >= 11 is 1.33. The van der Waals surface area contributed by atoms with E-state index >= 15 is 0 Å². The van der Waals surface area contributed by atoms with Crippen LogP contribution >= 0.6 is 11.9 Å². The zero-order chi connectivity index (χ0) is 12.8. The number of nitro benzene ring substituents is 1. The van der Waals surface area contributed by atoms with Gasteiger partial charge >= 0.3 is 5.69 Å². The van der Waals surface area contributed by atoms with Crippen LogP contribution in [0.5, 0.6) is 5.75 Å². The summed E-state index contributed by atoms with van der Waals surface area (Å²) < 4.78 is 8.39. The van der Waals surface area contributed by atoms with Crippen molar-refractivity contribution in [1.29, 1.82) is 0 Å². The average molecular weight is 256 g/mol. The molecule has 5 nitrogen and oxygen atoms in total. The first kappa shape index (κ1) is 13.8. The van der Waals surface area contributed by atoms with E-state index in [0.717, 1.165) is 11.3 Å². The Balaban J connectivity index is 3.00. The van der Waals surface area contributed by atoms with Gasteiger partial charge in [-0.1, -0.05) is 6.92 Å². The molecule has 0 bridgehead atoms. The number of rotatable bonds is 6. The summed E-state index contributed by atoms with van der Waals surface area (Å²) in [5.41, 5.74) is 0.00514. The molecule has 1 aromatic rings. The first-order valence-corrected chi connectivity index (χ1v) is 6.18. The van der Waals surface area contributed by atoms with Crippen LogP contribution in [0.25, 0.3) is 0 Å². The van der Waals surface area contributed by atoms with Crippen LogP contribution in [0, 0.1) is 10.1 Å². The highest BCUT2D eigenvalue weighted by Gasteiger charge is 2.17. The summed E-state index contributed by atoms with van der Waals surface area (Å²) in [7, 11) is 1.76. The lowest BCUT2D eigenvalue weighted by molar-refractivity contribution is -0.386. The SMILES string of the molecule is CCC(C)Oc1ccc(SNC)cc1[N+](=O)[O-]. The van der Waals surface area contributed by atoms with E-state index in [2.05, 4.69) is 4.72 Å². The zero-order valence-electron chi connectivity index (χ0n) is 10.1. The molecule has 1 aromatic carbocycles. The fraction of sp³-hybridized carbons (Fsp3) is 0.455.